The quantitative estimate of drug-likeness (QED) is 0.907. The van der Waals surface area contributed by atoms with Crippen LogP contribution in [0.5, 0.6) is 0 Å². The van der Waals surface area contributed by atoms with E-state index < -0.39 is 21.2 Å². The fourth-order valence-electron chi connectivity index (χ4n) is 2.73. The molecule has 1 saturated carbocycles. The third kappa shape index (κ3) is 3.00. The number of sulfone groups is 1. The van der Waals surface area contributed by atoms with Crippen molar-refractivity contribution in [1.82, 2.24) is 0 Å². The second kappa shape index (κ2) is 4.91. The van der Waals surface area contributed by atoms with Gasteiger partial charge in [-0.05, 0) is 43.7 Å². The summed E-state index contributed by atoms with van der Waals surface area (Å²) in [5.41, 5.74) is 1.00. The topological polar surface area (TPSA) is 54.4 Å². The molecule has 0 amide bonds. The predicted octanol–water partition coefficient (Wildman–Crippen LogP) is 2.71. The van der Waals surface area contributed by atoms with Crippen molar-refractivity contribution in [2.45, 2.75) is 56.3 Å². The Hall–Kier alpha value is -0.870. The van der Waals surface area contributed by atoms with Crippen molar-refractivity contribution in [3.05, 3.63) is 29.8 Å². The molecule has 1 aromatic rings. The molecule has 2 atom stereocenters. The van der Waals surface area contributed by atoms with Crippen LogP contribution in [0.2, 0.25) is 0 Å². The van der Waals surface area contributed by atoms with Crippen LogP contribution < -0.4 is 0 Å². The maximum Gasteiger partial charge on any atom is 0.183 e. The summed E-state index contributed by atoms with van der Waals surface area (Å²) in [4.78, 5) is 0.319. The molecule has 1 fully saturated rings. The SMILES string of the molecule is Cc1ccc(S(=O)(=O)C2CC(C)(C)CCC2O)cc1. The highest BCUT2D eigenvalue weighted by Crippen LogP contribution is 2.39. The average Bonchev–Trinajstić information content (AvgIpc) is 2.33. The molecule has 0 spiro atoms. The van der Waals surface area contributed by atoms with Gasteiger partial charge in [0.25, 0.3) is 0 Å². The Balaban J connectivity index is 2.35. The zero-order chi connectivity index (χ0) is 14.3. The number of benzene rings is 1. The molecular weight excluding hydrogens is 260 g/mol. The minimum Gasteiger partial charge on any atom is -0.392 e. The third-order valence-corrected chi connectivity index (χ3v) is 6.26. The second-order valence-corrected chi connectivity index (χ2v) is 8.54. The predicted molar refractivity (Wildman–Crippen MR) is 75.8 cm³/mol. The van der Waals surface area contributed by atoms with Crippen molar-refractivity contribution in [3.8, 4) is 0 Å². The van der Waals surface area contributed by atoms with E-state index in [4.69, 9.17) is 0 Å². The molecule has 0 heterocycles. The summed E-state index contributed by atoms with van der Waals surface area (Å²) in [5.74, 6) is 0. The van der Waals surface area contributed by atoms with E-state index in [0.29, 0.717) is 17.7 Å². The first-order valence-electron chi connectivity index (χ1n) is 6.71. The van der Waals surface area contributed by atoms with Gasteiger partial charge in [0.15, 0.2) is 9.84 Å². The van der Waals surface area contributed by atoms with Gasteiger partial charge >= 0.3 is 0 Å². The first kappa shape index (κ1) is 14.5. The Morgan fingerprint density at radius 3 is 2.37 bits per heavy atom. The average molecular weight is 282 g/mol. The minimum atomic E-state index is -3.45. The molecule has 106 valence electrons. The van der Waals surface area contributed by atoms with Crippen LogP contribution in [0.25, 0.3) is 0 Å². The maximum absolute atomic E-state index is 12.6. The van der Waals surface area contributed by atoms with Crippen LogP contribution in [0.4, 0.5) is 0 Å². The Bertz CT molecular complexity index is 543. The molecule has 2 unspecified atom stereocenters. The van der Waals surface area contributed by atoms with Crippen LogP contribution >= 0.6 is 0 Å². The summed E-state index contributed by atoms with van der Waals surface area (Å²) >= 11 is 0. The van der Waals surface area contributed by atoms with Crippen molar-refractivity contribution in [1.29, 1.82) is 0 Å². The Kier molecular flexibility index (Phi) is 3.76. The van der Waals surface area contributed by atoms with Crippen LogP contribution in [-0.4, -0.2) is 24.9 Å². The van der Waals surface area contributed by atoms with Crippen molar-refractivity contribution >= 4 is 9.84 Å². The van der Waals surface area contributed by atoms with Gasteiger partial charge in [-0.25, -0.2) is 8.42 Å². The van der Waals surface area contributed by atoms with Crippen LogP contribution in [0.3, 0.4) is 0 Å². The lowest BCUT2D eigenvalue weighted by atomic mass is 9.76. The molecule has 1 N–H and O–H groups in total. The number of hydrogen-bond acceptors (Lipinski definition) is 3. The van der Waals surface area contributed by atoms with Gasteiger partial charge in [-0.15, -0.1) is 0 Å². The molecule has 19 heavy (non-hydrogen) atoms. The lowest BCUT2D eigenvalue weighted by molar-refractivity contribution is 0.0835. The number of aliphatic hydroxyl groups excluding tert-OH is 1. The van der Waals surface area contributed by atoms with E-state index in [1.807, 2.05) is 6.92 Å². The first-order chi connectivity index (χ1) is 8.72. The number of rotatable bonds is 2. The maximum atomic E-state index is 12.6. The summed E-state index contributed by atoms with van der Waals surface area (Å²) in [5, 5.41) is 9.39. The molecule has 0 bridgehead atoms. The van der Waals surface area contributed by atoms with Crippen LogP contribution in [0, 0.1) is 12.3 Å². The molecule has 1 aromatic carbocycles. The molecule has 4 heteroatoms. The molecule has 1 aliphatic rings. The Morgan fingerprint density at radius 2 is 1.79 bits per heavy atom. The highest BCUT2D eigenvalue weighted by Gasteiger charge is 2.41. The fraction of sp³-hybridized carbons (Fsp3) is 0.600. The lowest BCUT2D eigenvalue weighted by Crippen LogP contribution is -2.42. The molecule has 0 aliphatic heterocycles. The number of aliphatic hydroxyl groups is 1. The van der Waals surface area contributed by atoms with Gasteiger partial charge in [0.05, 0.1) is 16.2 Å². The van der Waals surface area contributed by atoms with Gasteiger partial charge in [0.1, 0.15) is 0 Å². The van der Waals surface area contributed by atoms with Gasteiger partial charge in [0, 0.05) is 0 Å². The summed E-state index contributed by atoms with van der Waals surface area (Å²) in [6.07, 6.45) is 1.20. The Labute approximate surface area is 115 Å². The van der Waals surface area contributed by atoms with E-state index in [0.717, 1.165) is 12.0 Å². The molecule has 0 aromatic heterocycles. The summed E-state index contributed by atoms with van der Waals surface area (Å²) in [6, 6.07) is 6.87. The van der Waals surface area contributed by atoms with Crippen molar-refractivity contribution in [3.63, 3.8) is 0 Å². The van der Waals surface area contributed by atoms with Crippen molar-refractivity contribution in [2.75, 3.05) is 0 Å². The normalized spacial score (nSPS) is 27.2. The molecule has 2 rings (SSSR count). The van der Waals surface area contributed by atoms with Crippen LogP contribution in [-0.2, 0) is 9.84 Å². The Morgan fingerprint density at radius 1 is 1.21 bits per heavy atom. The zero-order valence-corrected chi connectivity index (χ0v) is 12.6. The number of aryl methyl sites for hydroxylation is 1. The van der Waals surface area contributed by atoms with Gasteiger partial charge < -0.3 is 5.11 Å². The van der Waals surface area contributed by atoms with E-state index in [1.54, 1.807) is 24.3 Å². The van der Waals surface area contributed by atoms with Crippen molar-refractivity contribution < 1.29 is 13.5 Å². The van der Waals surface area contributed by atoms with E-state index in [2.05, 4.69) is 13.8 Å². The molecular formula is C15H22O3S. The minimum absolute atomic E-state index is 0.0261. The summed E-state index contributed by atoms with van der Waals surface area (Å²) < 4.78 is 25.3. The number of hydrogen-bond donors (Lipinski definition) is 1. The standard InChI is InChI=1S/C15H22O3S/c1-11-4-6-12(7-5-11)19(17,18)14-10-15(2,3)9-8-13(14)16/h4-7,13-14,16H,8-10H2,1-3H3. The van der Waals surface area contributed by atoms with Gasteiger partial charge in [-0.1, -0.05) is 31.5 Å². The third-order valence-electron chi connectivity index (χ3n) is 4.05. The molecule has 1 aliphatic carbocycles. The van der Waals surface area contributed by atoms with Gasteiger partial charge in [0.2, 0.25) is 0 Å². The zero-order valence-electron chi connectivity index (χ0n) is 11.8. The van der Waals surface area contributed by atoms with Crippen LogP contribution in [0.15, 0.2) is 29.2 Å². The van der Waals surface area contributed by atoms with Crippen molar-refractivity contribution in [2.24, 2.45) is 5.41 Å². The van der Waals surface area contributed by atoms with E-state index in [-0.39, 0.29) is 5.41 Å². The van der Waals surface area contributed by atoms with E-state index >= 15 is 0 Å². The van der Waals surface area contributed by atoms with E-state index in [9.17, 15) is 13.5 Å². The molecule has 0 radical (unpaired) electrons. The molecule has 0 saturated heterocycles. The second-order valence-electron chi connectivity index (χ2n) is 6.37. The highest BCUT2D eigenvalue weighted by atomic mass is 32.2. The van der Waals surface area contributed by atoms with E-state index in [1.165, 1.54) is 0 Å². The van der Waals surface area contributed by atoms with Gasteiger partial charge in [-0.3, -0.25) is 0 Å². The monoisotopic (exact) mass is 282 g/mol. The fourth-order valence-corrected chi connectivity index (χ4v) is 4.81. The van der Waals surface area contributed by atoms with Crippen LogP contribution in [0.1, 0.15) is 38.7 Å². The summed E-state index contributed by atoms with van der Waals surface area (Å²) in [6.45, 7) is 6.06. The van der Waals surface area contributed by atoms with Gasteiger partial charge in [-0.2, -0.15) is 0 Å². The first-order valence-corrected chi connectivity index (χ1v) is 8.26. The smallest absolute Gasteiger partial charge is 0.183 e. The summed E-state index contributed by atoms with van der Waals surface area (Å²) in [7, 11) is -3.45. The molecule has 3 nitrogen and oxygen atoms in total. The lowest BCUT2D eigenvalue weighted by Gasteiger charge is -2.38. The largest absolute Gasteiger partial charge is 0.392 e. The highest BCUT2D eigenvalue weighted by molar-refractivity contribution is 7.92.